The molecule has 1 amide bonds. The molecule has 0 aliphatic heterocycles. The van der Waals surface area contributed by atoms with Crippen LogP contribution in [0.15, 0.2) is 30.3 Å². The monoisotopic (exact) mass is 341 g/mol. The van der Waals surface area contributed by atoms with E-state index in [2.05, 4.69) is 41.6 Å². The second-order valence-corrected chi connectivity index (χ2v) is 6.48. The molecule has 2 aromatic rings. The summed E-state index contributed by atoms with van der Waals surface area (Å²) in [6.07, 6.45) is 3.89. The number of carbonyl (C=O) groups is 1. The number of aliphatic hydroxyl groups is 1. The highest BCUT2D eigenvalue weighted by atomic mass is 16.3. The smallest absolute Gasteiger partial charge is 0.244 e. The van der Waals surface area contributed by atoms with Crippen LogP contribution >= 0.6 is 0 Å². The number of hydrogen-bond donors (Lipinski definition) is 2. The predicted molar refractivity (Wildman–Crippen MR) is 100 cm³/mol. The van der Waals surface area contributed by atoms with E-state index >= 15 is 0 Å². The van der Waals surface area contributed by atoms with E-state index in [1.165, 1.54) is 17.2 Å². The molecule has 134 valence electrons. The number of carbonyl (C=O) groups excluding carboxylic acids is 1. The van der Waals surface area contributed by atoms with E-state index in [1.807, 2.05) is 31.5 Å². The predicted octanol–water partition coefficient (Wildman–Crippen LogP) is 2.76. The number of amides is 1. The molecule has 5 heteroatoms. The molecule has 0 radical (unpaired) electrons. The number of aromatic nitrogens is 2. The van der Waals surface area contributed by atoms with Crippen molar-refractivity contribution in [1.82, 2.24) is 15.1 Å². The second-order valence-electron chi connectivity index (χ2n) is 6.48. The molecule has 5 nitrogen and oxygen atoms in total. The second kappa shape index (κ2) is 8.62. The Bertz CT molecular complexity index is 745. The largest absolute Gasteiger partial charge is 0.396 e. The molecule has 0 bridgehead atoms. The molecular weight excluding hydrogens is 314 g/mol. The van der Waals surface area contributed by atoms with E-state index in [1.54, 1.807) is 0 Å². The average molecular weight is 341 g/mol. The van der Waals surface area contributed by atoms with Crippen LogP contribution in [0.3, 0.4) is 0 Å². The Hall–Kier alpha value is -2.40. The van der Waals surface area contributed by atoms with Gasteiger partial charge in [-0.25, -0.2) is 0 Å². The van der Waals surface area contributed by atoms with Crippen LogP contribution in [0.1, 0.15) is 41.4 Å². The minimum atomic E-state index is -0.161. The third-order valence-corrected chi connectivity index (χ3v) is 4.24. The minimum Gasteiger partial charge on any atom is -0.396 e. The van der Waals surface area contributed by atoms with Crippen LogP contribution < -0.4 is 5.32 Å². The maximum Gasteiger partial charge on any atom is 0.244 e. The zero-order valence-electron chi connectivity index (χ0n) is 15.4. The first-order chi connectivity index (χ1) is 11.9. The highest BCUT2D eigenvalue weighted by molar-refractivity contribution is 5.92. The molecule has 2 N–H and O–H groups in total. The van der Waals surface area contributed by atoms with Gasteiger partial charge in [0.2, 0.25) is 5.91 Å². The van der Waals surface area contributed by atoms with E-state index in [4.69, 9.17) is 5.11 Å². The van der Waals surface area contributed by atoms with Crippen molar-refractivity contribution in [3.05, 3.63) is 58.4 Å². The molecule has 0 aliphatic carbocycles. The molecule has 2 rings (SSSR count). The van der Waals surface area contributed by atoms with Gasteiger partial charge in [0.25, 0.3) is 0 Å². The zero-order chi connectivity index (χ0) is 18.4. The van der Waals surface area contributed by atoms with Crippen molar-refractivity contribution in [3.8, 4) is 0 Å². The summed E-state index contributed by atoms with van der Waals surface area (Å²) in [7, 11) is 0. The zero-order valence-corrected chi connectivity index (χ0v) is 15.4. The first-order valence-electron chi connectivity index (χ1n) is 8.59. The lowest BCUT2D eigenvalue weighted by Crippen LogP contribution is -2.31. The molecular formula is C20H27N3O2. The third-order valence-electron chi connectivity index (χ3n) is 4.24. The van der Waals surface area contributed by atoms with Crippen LogP contribution in [-0.2, 0) is 11.3 Å². The van der Waals surface area contributed by atoms with E-state index < -0.39 is 0 Å². The van der Waals surface area contributed by atoms with Gasteiger partial charge in [-0.15, -0.1) is 0 Å². The Morgan fingerprint density at radius 3 is 2.60 bits per heavy atom. The summed E-state index contributed by atoms with van der Waals surface area (Å²) in [5.41, 5.74) is 5.34. The molecule has 0 saturated heterocycles. The van der Waals surface area contributed by atoms with Gasteiger partial charge < -0.3 is 10.4 Å². The normalized spacial score (nSPS) is 12.5. The Morgan fingerprint density at radius 1 is 1.28 bits per heavy atom. The SMILES string of the molecule is Cc1ccc(Cn2nc(C)c(/C=C/C(=O)NC(C)CCO)c2C)cc1. The third kappa shape index (κ3) is 5.29. The molecule has 1 heterocycles. The first-order valence-corrected chi connectivity index (χ1v) is 8.59. The number of nitrogens with one attached hydrogen (secondary N) is 1. The Balaban J connectivity index is 2.09. The molecule has 0 saturated carbocycles. The van der Waals surface area contributed by atoms with Gasteiger partial charge in [0.15, 0.2) is 0 Å². The van der Waals surface area contributed by atoms with Crippen LogP contribution in [-0.4, -0.2) is 33.4 Å². The quantitative estimate of drug-likeness (QED) is 0.761. The van der Waals surface area contributed by atoms with E-state index in [-0.39, 0.29) is 18.6 Å². The van der Waals surface area contributed by atoms with Crippen molar-refractivity contribution in [1.29, 1.82) is 0 Å². The first kappa shape index (κ1) is 18.9. The van der Waals surface area contributed by atoms with E-state index in [0.717, 1.165) is 17.0 Å². The van der Waals surface area contributed by atoms with Gasteiger partial charge in [0.1, 0.15) is 0 Å². The van der Waals surface area contributed by atoms with Gasteiger partial charge in [-0.3, -0.25) is 9.48 Å². The number of hydrogen-bond acceptors (Lipinski definition) is 3. The Labute approximate surface area is 149 Å². The summed E-state index contributed by atoms with van der Waals surface area (Å²) >= 11 is 0. The lowest BCUT2D eigenvalue weighted by molar-refractivity contribution is -0.117. The highest BCUT2D eigenvalue weighted by Gasteiger charge is 2.10. The molecule has 1 unspecified atom stereocenters. The molecule has 0 aliphatic rings. The van der Waals surface area contributed by atoms with Crippen LogP contribution in [0.2, 0.25) is 0 Å². The summed E-state index contributed by atoms with van der Waals surface area (Å²) < 4.78 is 1.96. The number of aliphatic hydroxyl groups excluding tert-OH is 1. The molecule has 0 spiro atoms. The topological polar surface area (TPSA) is 67.2 Å². The van der Waals surface area contributed by atoms with E-state index in [9.17, 15) is 4.79 Å². The summed E-state index contributed by atoms with van der Waals surface area (Å²) in [5.74, 6) is -0.161. The van der Waals surface area contributed by atoms with Crippen molar-refractivity contribution in [2.24, 2.45) is 0 Å². The fourth-order valence-electron chi connectivity index (χ4n) is 2.69. The Kier molecular flexibility index (Phi) is 6.53. The number of aryl methyl sites for hydroxylation is 2. The van der Waals surface area contributed by atoms with Gasteiger partial charge in [0.05, 0.1) is 12.2 Å². The van der Waals surface area contributed by atoms with Gasteiger partial charge in [0, 0.05) is 30.0 Å². The van der Waals surface area contributed by atoms with Gasteiger partial charge in [-0.1, -0.05) is 29.8 Å². The molecule has 25 heavy (non-hydrogen) atoms. The van der Waals surface area contributed by atoms with Crippen LogP contribution in [0.5, 0.6) is 0 Å². The fraction of sp³-hybridized carbons (Fsp3) is 0.400. The lowest BCUT2D eigenvalue weighted by atomic mass is 10.1. The van der Waals surface area contributed by atoms with Crippen molar-refractivity contribution >= 4 is 12.0 Å². The minimum absolute atomic E-state index is 0.0476. The summed E-state index contributed by atoms with van der Waals surface area (Å²) in [6.45, 7) is 8.68. The van der Waals surface area contributed by atoms with Crippen LogP contribution in [0.4, 0.5) is 0 Å². The summed E-state index contributed by atoms with van der Waals surface area (Å²) in [5, 5.41) is 16.3. The molecule has 1 aromatic heterocycles. The average Bonchev–Trinajstić information content (AvgIpc) is 2.81. The van der Waals surface area contributed by atoms with Crippen molar-refractivity contribution in [2.45, 2.75) is 46.7 Å². The van der Waals surface area contributed by atoms with Gasteiger partial charge >= 0.3 is 0 Å². The number of rotatable bonds is 7. The fourth-order valence-corrected chi connectivity index (χ4v) is 2.69. The lowest BCUT2D eigenvalue weighted by Gasteiger charge is -2.09. The van der Waals surface area contributed by atoms with Crippen molar-refractivity contribution in [3.63, 3.8) is 0 Å². The molecule has 1 atom stereocenters. The maximum absolute atomic E-state index is 11.9. The van der Waals surface area contributed by atoms with Crippen molar-refractivity contribution < 1.29 is 9.90 Å². The Morgan fingerprint density at radius 2 is 1.96 bits per heavy atom. The summed E-state index contributed by atoms with van der Waals surface area (Å²) in [6, 6.07) is 8.36. The van der Waals surface area contributed by atoms with Gasteiger partial charge in [-0.2, -0.15) is 5.10 Å². The van der Waals surface area contributed by atoms with E-state index in [0.29, 0.717) is 13.0 Å². The van der Waals surface area contributed by atoms with Crippen LogP contribution in [0.25, 0.3) is 6.08 Å². The highest BCUT2D eigenvalue weighted by Crippen LogP contribution is 2.16. The standard InChI is InChI=1S/C20H27N3O2/c1-14-5-7-18(8-6-14)13-23-17(4)19(16(3)22-23)9-10-20(25)21-15(2)11-12-24/h5-10,15,24H,11-13H2,1-4H3,(H,21,25)/b10-9+. The summed E-state index contributed by atoms with van der Waals surface area (Å²) in [4.78, 5) is 11.9. The molecule has 1 aromatic carbocycles. The maximum atomic E-state index is 11.9. The number of nitrogens with zero attached hydrogens (tertiary/aromatic N) is 2. The van der Waals surface area contributed by atoms with Crippen molar-refractivity contribution in [2.75, 3.05) is 6.61 Å². The van der Waals surface area contributed by atoms with Gasteiger partial charge in [-0.05, 0) is 45.8 Å². The van der Waals surface area contributed by atoms with Crippen LogP contribution in [0, 0.1) is 20.8 Å². The molecule has 0 fully saturated rings. The number of benzene rings is 1.